The van der Waals surface area contributed by atoms with E-state index >= 15 is 0 Å². The van der Waals surface area contributed by atoms with E-state index in [1.165, 1.54) is 37.3 Å². The third-order valence-corrected chi connectivity index (χ3v) is 10.3. The number of methoxy groups -OCH3 is 2. The van der Waals surface area contributed by atoms with Crippen molar-refractivity contribution in [2.24, 2.45) is 0 Å². The van der Waals surface area contributed by atoms with E-state index in [0.717, 1.165) is 25.5 Å². The van der Waals surface area contributed by atoms with Crippen molar-refractivity contribution in [2.75, 3.05) is 25.1 Å². The van der Waals surface area contributed by atoms with Crippen LogP contribution in [-0.2, 0) is 32.6 Å². The molecule has 0 unspecified atom stereocenters. The first-order valence-corrected chi connectivity index (χ1v) is 17.9. The third kappa shape index (κ3) is 9.17. The molecule has 0 aliphatic rings. The van der Waals surface area contributed by atoms with Crippen LogP contribution >= 0.6 is 15.9 Å². The van der Waals surface area contributed by atoms with Gasteiger partial charge in [0.1, 0.15) is 12.6 Å². The van der Waals surface area contributed by atoms with Crippen molar-refractivity contribution in [2.45, 2.75) is 57.1 Å². The summed E-state index contributed by atoms with van der Waals surface area (Å²) in [6.45, 7) is 5.29. The van der Waals surface area contributed by atoms with Crippen LogP contribution < -0.4 is 19.1 Å². The summed E-state index contributed by atoms with van der Waals surface area (Å²) in [5.41, 5.74) is 2.86. The number of halogens is 1. The second-order valence-corrected chi connectivity index (χ2v) is 14.3. The number of rotatable bonds is 15. The summed E-state index contributed by atoms with van der Waals surface area (Å²) in [7, 11) is -1.43. The monoisotopic (exact) mass is 735 g/mol. The Balaban J connectivity index is 1.83. The number of sulfonamides is 1. The Kier molecular flexibility index (Phi) is 12.7. The second-order valence-electron chi connectivity index (χ2n) is 11.5. The molecule has 0 bridgehead atoms. The van der Waals surface area contributed by atoms with Crippen LogP contribution in [-0.4, -0.2) is 58.0 Å². The number of anilines is 1. The normalized spacial score (nSPS) is 12.5. The van der Waals surface area contributed by atoms with Crippen LogP contribution in [0, 0.1) is 6.92 Å². The molecule has 0 aliphatic carbocycles. The van der Waals surface area contributed by atoms with Crippen molar-refractivity contribution in [3.8, 4) is 11.5 Å². The van der Waals surface area contributed by atoms with E-state index in [1.54, 1.807) is 24.3 Å². The van der Waals surface area contributed by atoms with Crippen molar-refractivity contribution in [1.29, 1.82) is 0 Å². The molecule has 0 spiro atoms. The lowest BCUT2D eigenvalue weighted by molar-refractivity contribution is -0.140. The molecule has 48 heavy (non-hydrogen) atoms. The second kappa shape index (κ2) is 16.7. The molecule has 2 atom stereocenters. The molecule has 4 aromatic rings. The Hall–Kier alpha value is -4.35. The Morgan fingerprint density at radius 1 is 0.854 bits per heavy atom. The highest BCUT2D eigenvalue weighted by molar-refractivity contribution is 9.10. The molecule has 254 valence electrons. The number of hydrogen-bond donors (Lipinski definition) is 1. The topological polar surface area (TPSA) is 105 Å². The van der Waals surface area contributed by atoms with Gasteiger partial charge in [-0.2, -0.15) is 0 Å². The predicted molar refractivity (Wildman–Crippen MR) is 192 cm³/mol. The maximum Gasteiger partial charge on any atom is 0.264 e. The number of hydrogen-bond acceptors (Lipinski definition) is 6. The van der Waals surface area contributed by atoms with Gasteiger partial charge in [0.05, 0.1) is 24.8 Å². The maximum absolute atomic E-state index is 14.7. The van der Waals surface area contributed by atoms with E-state index in [4.69, 9.17) is 9.47 Å². The van der Waals surface area contributed by atoms with Gasteiger partial charge in [0.15, 0.2) is 11.5 Å². The van der Waals surface area contributed by atoms with Gasteiger partial charge in [0.25, 0.3) is 10.0 Å². The Morgan fingerprint density at radius 2 is 1.52 bits per heavy atom. The average Bonchev–Trinajstić information content (AvgIpc) is 3.09. The molecule has 0 heterocycles. The fourth-order valence-corrected chi connectivity index (χ4v) is 7.05. The number of carbonyl (C=O) groups excluding carboxylic acids is 2. The van der Waals surface area contributed by atoms with Crippen molar-refractivity contribution in [1.82, 2.24) is 10.2 Å². The number of carbonyl (C=O) groups is 2. The molecule has 4 rings (SSSR count). The quantitative estimate of drug-likeness (QED) is 0.149. The Labute approximate surface area is 292 Å². The highest BCUT2D eigenvalue weighted by Gasteiger charge is 2.35. The molecular weight excluding hydrogens is 694 g/mol. The number of aryl methyl sites for hydroxylation is 1. The number of ether oxygens (including phenoxy) is 2. The van der Waals surface area contributed by atoms with Gasteiger partial charge in [0, 0.05) is 29.5 Å². The highest BCUT2D eigenvalue weighted by atomic mass is 79.9. The lowest BCUT2D eigenvalue weighted by Gasteiger charge is -2.34. The third-order valence-electron chi connectivity index (χ3n) is 8.06. The number of nitrogens with one attached hydrogen (secondary N) is 1. The van der Waals surface area contributed by atoms with Crippen molar-refractivity contribution >= 4 is 43.5 Å². The van der Waals surface area contributed by atoms with Crippen LogP contribution in [0.25, 0.3) is 0 Å². The zero-order chi connectivity index (χ0) is 34.8. The summed E-state index contributed by atoms with van der Waals surface area (Å²) in [6.07, 6.45) is 0.934. The zero-order valence-electron chi connectivity index (χ0n) is 27.9. The number of nitrogens with zero attached hydrogens (tertiary/aromatic N) is 2. The largest absolute Gasteiger partial charge is 0.493 e. The minimum atomic E-state index is -4.32. The van der Waals surface area contributed by atoms with E-state index in [-0.39, 0.29) is 35.6 Å². The first-order chi connectivity index (χ1) is 23.0. The fourth-order valence-electron chi connectivity index (χ4n) is 5.17. The molecule has 0 saturated carbocycles. The molecule has 9 nitrogen and oxygen atoms in total. The predicted octanol–water partition coefficient (Wildman–Crippen LogP) is 6.52. The minimum absolute atomic E-state index is 0.0713. The highest BCUT2D eigenvalue weighted by Crippen LogP contribution is 2.32. The van der Waals surface area contributed by atoms with Crippen LogP contribution in [0.4, 0.5) is 5.69 Å². The Morgan fingerprint density at radius 3 is 2.15 bits per heavy atom. The summed E-state index contributed by atoms with van der Waals surface area (Å²) in [5, 5.41) is 3.05. The molecular formula is C37H42BrN3O6S. The van der Waals surface area contributed by atoms with Gasteiger partial charge in [-0.3, -0.25) is 13.9 Å². The first kappa shape index (κ1) is 36.5. The van der Waals surface area contributed by atoms with E-state index < -0.39 is 28.5 Å². The van der Waals surface area contributed by atoms with E-state index in [2.05, 4.69) is 21.2 Å². The van der Waals surface area contributed by atoms with Crippen LogP contribution in [0.5, 0.6) is 11.5 Å². The SMILES string of the molecule is CC[C@H](C)NC(=O)[C@@H](Cc1ccccc1)N(Cc1cccc(Br)c1)C(=O)CN(c1ccc(C)cc1)S(=O)(=O)c1ccc(OC)c(OC)c1. The molecule has 0 aromatic heterocycles. The minimum Gasteiger partial charge on any atom is -0.493 e. The smallest absolute Gasteiger partial charge is 0.264 e. The van der Waals surface area contributed by atoms with Gasteiger partial charge in [-0.05, 0) is 67.8 Å². The van der Waals surface area contributed by atoms with Crippen molar-refractivity contribution < 1.29 is 27.5 Å². The fraction of sp³-hybridized carbons (Fsp3) is 0.297. The zero-order valence-corrected chi connectivity index (χ0v) is 30.3. The molecule has 0 radical (unpaired) electrons. The van der Waals surface area contributed by atoms with Crippen molar-refractivity contribution in [3.05, 3.63) is 118 Å². The van der Waals surface area contributed by atoms with Gasteiger partial charge >= 0.3 is 0 Å². The lowest BCUT2D eigenvalue weighted by atomic mass is 10.0. The van der Waals surface area contributed by atoms with Crippen LogP contribution in [0.2, 0.25) is 0 Å². The molecule has 0 saturated heterocycles. The molecule has 4 aromatic carbocycles. The maximum atomic E-state index is 14.7. The molecule has 11 heteroatoms. The van der Waals surface area contributed by atoms with Crippen LogP contribution in [0.1, 0.15) is 37.0 Å². The number of benzene rings is 4. The standard InChI is InChI=1S/C37H42BrN3O6S/c1-6-27(3)39-37(43)33(22-28-11-8-7-9-12-28)40(24-29-13-10-14-30(38)21-29)36(42)25-41(31-17-15-26(2)16-18-31)48(44,45)32-19-20-34(46-4)35(23-32)47-5/h7-21,23,27,33H,6,22,24-25H2,1-5H3,(H,39,43)/t27-,33+/m0/s1. The van der Waals surface area contributed by atoms with E-state index in [9.17, 15) is 18.0 Å². The molecule has 0 aliphatic heterocycles. The first-order valence-electron chi connectivity index (χ1n) is 15.7. The van der Waals surface area contributed by atoms with Gasteiger partial charge in [-0.15, -0.1) is 0 Å². The number of amides is 2. The molecule has 1 N–H and O–H groups in total. The molecule has 0 fully saturated rings. The van der Waals surface area contributed by atoms with Crippen LogP contribution in [0.3, 0.4) is 0 Å². The summed E-state index contributed by atoms with van der Waals surface area (Å²) in [6, 6.07) is 27.1. The van der Waals surface area contributed by atoms with Crippen LogP contribution in [0.15, 0.2) is 106 Å². The van der Waals surface area contributed by atoms with Gasteiger partial charge < -0.3 is 19.7 Å². The van der Waals surface area contributed by atoms with Gasteiger partial charge in [-0.25, -0.2) is 8.42 Å². The lowest BCUT2D eigenvalue weighted by Crippen LogP contribution is -2.54. The van der Waals surface area contributed by atoms with Crippen molar-refractivity contribution in [3.63, 3.8) is 0 Å². The van der Waals surface area contributed by atoms with Gasteiger partial charge in [-0.1, -0.05) is 83.0 Å². The average molecular weight is 737 g/mol. The summed E-state index contributed by atoms with van der Waals surface area (Å²) < 4.78 is 41.4. The molecule has 2 amide bonds. The summed E-state index contributed by atoms with van der Waals surface area (Å²) in [4.78, 5) is 30.1. The Bertz CT molecular complexity index is 1800. The summed E-state index contributed by atoms with van der Waals surface area (Å²) >= 11 is 3.51. The van der Waals surface area contributed by atoms with Gasteiger partial charge in [0.2, 0.25) is 11.8 Å². The van der Waals surface area contributed by atoms with E-state index in [0.29, 0.717) is 17.9 Å². The summed E-state index contributed by atoms with van der Waals surface area (Å²) in [5.74, 6) is -0.263. The van der Waals surface area contributed by atoms with E-state index in [1.807, 2.05) is 75.4 Å².